The second-order valence-corrected chi connectivity index (χ2v) is 3.88. The Balaban J connectivity index is 2.33. The Bertz CT molecular complexity index is 442. The molecule has 0 spiro atoms. The summed E-state index contributed by atoms with van der Waals surface area (Å²) in [6.45, 7) is 0.478. The van der Waals surface area contributed by atoms with Gasteiger partial charge in [0.2, 0.25) is 0 Å². The minimum atomic E-state index is 0.0264. The lowest BCUT2D eigenvalue weighted by molar-refractivity contribution is 0.749. The summed E-state index contributed by atoms with van der Waals surface area (Å²) < 4.78 is 0. The normalized spacial score (nSPS) is 12.4. The Morgan fingerprint density at radius 1 is 1.12 bits per heavy atom. The van der Waals surface area contributed by atoms with Crippen LogP contribution in [0.3, 0.4) is 0 Å². The Labute approximate surface area is 99.3 Å². The van der Waals surface area contributed by atoms with E-state index in [1.807, 2.05) is 24.3 Å². The van der Waals surface area contributed by atoms with Gasteiger partial charge in [0.25, 0.3) is 0 Å². The zero-order chi connectivity index (χ0) is 11.4. The first-order valence-corrected chi connectivity index (χ1v) is 5.41. The molecule has 1 unspecified atom stereocenters. The van der Waals surface area contributed by atoms with E-state index >= 15 is 0 Å². The molecule has 0 bridgehead atoms. The van der Waals surface area contributed by atoms with Crippen LogP contribution in [0.4, 0.5) is 0 Å². The van der Waals surface area contributed by atoms with E-state index in [1.54, 1.807) is 18.5 Å². The zero-order valence-electron chi connectivity index (χ0n) is 8.68. The number of nitrogens with zero attached hydrogens (tertiary/aromatic N) is 2. The van der Waals surface area contributed by atoms with Gasteiger partial charge < -0.3 is 5.73 Å². The predicted octanol–water partition coefficient (Wildman–Crippen LogP) is 2.22. The maximum Gasteiger partial charge on any atom is 0.136 e. The fraction of sp³-hybridized carbons (Fsp3) is 0.167. The number of hydrogen-bond donors (Lipinski definition) is 1. The predicted molar refractivity (Wildman–Crippen MR) is 64.4 cm³/mol. The molecule has 0 saturated heterocycles. The largest absolute Gasteiger partial charge is 0.329 e. The van der Waals surface area contributed by atoms with Gasteiger partial charge in [-0.2, -0.15) is 0 Å². The summed E-state index contributed by atoms with van der Waals surface area (Å²) in [5.74, 6) is 0.769. The summed E-state index contributed by atoms with van der Waals surface area (Å²) in [7, 11) is 0. The summed E-state index contributed by atoms with van der Waals surface area (Å²) in [4.78, 5) is 8.45. The topological polar surface area (TPSA) is 51.8 Å². The average Bonchev–Trinajstić information content (AvgIpc) is 2.34. The van der Waals surface area contributed by atoms with Crippen LogP contribution in [0.25, 0.3) is 0 Å². The van der Waals surface area contributed by atoms with Gasteiger partial charge in [0, 0.05) is 24.0 Å². The summed E-state index contributed by atoms with van der Waals surface area (Å²) in [5, 5.41) is 0.716. The van der Waals surface area contributed by atoms with E-state index in [9.17, 15) is 0 Å². The number of aromatic nitrogens is 2. The number of hydrogen-bond acceptors (Lipinski definition) is 3. The first-order chi connectivity index (χ1) is 7.81. The summed E-state index contributed by atoms with van der Waals surface area (Å²) in [5.41, 5.74) is 6.84. The fourth-order valence-electron chi connectivity index (χ4n) is 1.58. The van der Waals surface area contributed by atoms with Crippen LogP contribution in [-0.4, -0.2) is 16.5 Å². The molecule has 0 radical (unpaired) electrons. The van der Waals surface area contributed by atoms with Crippen molar-refractivity contribution in [3.05, 3.63) is 59.1 Å². The minimum absolute atomic E-state index is 0.0264. The third kappa shape index (κ3) is 2.38. The summed E-state index contributed by atoms with van der Waals surface area (Å²) in [6, 6.07) is 9.40. The van der Waals surface area contributed by atoms with E-state index in [2.05, 4.69) is 9.97 Å². The van der Waals surface area contributed by atoms with E-state index in [-0.39, 0.29) is 5.92 Å². The average molecular weight is 234 g/mol. The molecule has 2 aromatic rings. The molecule has 82 valence electrons. The van der Waals surface area contributed by atoms with Crippen molar-refractivity contribution in [2.45, 2.75) is 5.92 Å². The lowest BCUT2D eigenvalue weighted by atomic mass is 9.98. The van der Waals surface area contributed by atoms with Crippen molar-refractivity contribution in [1.29, 1.82) is 0 Å². The molecule has 0 saturated carbocycles. The second kappa shape index (κ2) is 5.05. The van der Waals surface area contributed by atoms with E-state index in [1.165, 1.54) is 0 Å². The first-order valence-electron chi connectivity index (χ1n) is 5.03. The van der Waals surface area contributed by atoms with Gasteiger partial charge in [-0.05, 0) is 23.8 Å². The molecular formula is C12H12ClN3. The Hall–Kier alpha value is -1.45. The Morgan fingerprint density at radius 2 is 1.75 bits per heavy atom. The van der Waals surface area contributed by atoms with E-state index in [4.69, 9.17) is 17.3 Å². The maximum absolute atomic E-state index is 5.84. The van der Waals surface area contributed by atoms with Gasteiger partial charge in [-0.3, -0.25) is 0 Å². The number of rotatable bonds is 3. The molecule has 3 nitrogen and oxygen atoms in total. The highest BCUT2D eigenvalue weighted by Gasteiger charge is 2.14. The molecule has 0 aliphatic rings. The molecular weight excluding hydrogens is 222 g/mol. The highest BCUT2D eigenvalue weighted by atomic mass is 35.5. The monoisotopic (exact) mass is 233 g/mol. The standard InChI is InChI=1S/C12H12ClN3/c13-10-4-2-9(3-5-10)11(8-14)12-15-6-1-7-16-12/h1-7,11H,8,14H2. The van der Waals surface area contributed by atoms with Crippen LogP contribution in [0, 0.1) is 0 Å². The van der Waals surface area contributed by atoms with Crippen molar-refractivity contribution in [3.8, 4) is 0 Å². The number of benzene rings is 1. The van der Waals surface area contributed by atoms with E-state index in [0.717, 1.165) is 11.4 Å². The summed E-state index contributed by atoms with van der Waals surface area (Å²) in [6.07, 6.45) is 3.45. The minimum Gasteiger partial charge on any atom is -0.329 e. The van der Waals surface area contributed by atoms with Crippen LogP contribution in [0.15, 0.2) is 42.7 Å². The molecule has 0 aliphatic carbocycles. The lowest BCUT2D eigenvalue weighted by Gasteiger charge is -2.13. The van der Waals surface area contributed by atoms with Gasteiger partial charge in [0.15, 0.2) is 0 Å². The molecule has 2 N–H and O–H groups in total. The van der Waals surface area contributed by atoms with Crippen molar-refractivity contribution in [2.24, 2.45) is 5.73 Å². The van der Waals surface area contributed by atoms with Crippen molar-refractivity contribution >= 4 is 11.6 Å². The lowest BCUT2D eigenvalue weighted by Crippen LogP contribution is -2.16. The highest BCUT2D eigenvalue weighted by molar-refractivity contribution is 6.30. The van der Waals surface area contributed by atoms with Crippen LogP contribution >= 0.6 is 11.6 Å². The third-order valence-corrected chi connectivity index (χ3v) is 2.66. The van der Waals surface area contributed by atoms with Gasteiger partial charge in [-0.15, -0.1) is 0 Å². The van der Waals surface area contributed by atoms with Crippen LogP contribution in [-0.2, 0) is 0 Å². The number of nitrogens with two attached hydrogens (primary N) is 1. The highest BCUT2D eigenvalue weighted by Crippen LogP contribution is 2.21. The molecule has 1 heterocycles. The van der Waals surface area contributed by atoms with Crippen molar-refractivity contribution in [2.75, 3.05) is 6.54 Å². The van der Waals surface area contributed by atoms with E-state index < -0.39 is 0 Å². The second-order valence-electron chi connectivity index (χ2n) is 3.45. The third-order valence-electron chi connectivity index (χ3n) is 2.41. The molecule has 0 fully saturated rings. The molecule has 4 heteroatoms. The molecule has 0 amide bonds. The molecule has 1 aromatic carbocycles. The molecule has 1 aromatic heterocycles. The van der Waals surface area contributed by atoms with Crippen molar-refractivity contribution < 1.29 is 0 Å². The van der Waals surface area contributed by atoms with Crippen LogP contribution < -0.4 is 5.73 Å². The summed E-state index contributed by atoms with van der Waals surface area (Å²) >= 11 is 5.84. The van der Waals surface area contributed by atoms with Crippen LogP contribution in [0.2, 0.25) is 5.02 Å². The number of halogens is 1. The van der Waals surface area contributed by atoms with Gasteiger partial charge in [-0.25, -0.2) is 9.97 Å². The van der Waals surface area contributed by atoms with Crippen molar-refractivity contribution in [3.63, 3.8) is 0 Å². The van der Waals surface area contributed by atoms with Gasteiger partial charge in [0.1, 0.15) is 5.82 Å². The van der Waals surface area contributed by atoms with Crippen LogP contribution in [0.5, 0.6) is 0 Å². The van der Waals surface area contributed by atoms with Crippen molar-refractivity contribution in [1.82, 2.24) is 9.97 Å². The van der Waals surface area contributed by atoms with Gasteiger partial charge >= 0.3 is 0 Å². The van der Waals surface area contributed by atoms with Crippen LogP contribution in [0.1, 0.15) is 17.3 Å². The molecule has 1 atom stereocenters. The zero-order valence-corrected chi connectivity index (χ0v) is 9.43. The molecule has 2 rings (SSSR count). The SMILES string of the molecule is NCC(c1ccc(Cl)cc1)c1ncccn1. The fourth-order valence-corrected chi connectivity index (χ4v) is 1.70. The van der Waals surface area contributed by atoms with E-state index in [0.29, 0.717) is 11.6 Å². The Morgan fingerprint density at radius 3 is 2.31 bits per heavy atom. The van der Waals surface area contributed by atoms with Gasteiger partial charge in [0.05, 0.1) is 5.92 Å². The first kappa shape index (κ1) is 11.0. The molecule has 16 heavy (non-hydrogen) atoms. The quantitative estimate of drug-likeness (QED) is 0.885. The maximum atomic E-state index is 5.84. The Kier molecular flexibility index (Phi) is 3.49. The smallest absolute Gasteiger partial charge is 0.136 e. The van der Waals surface area contributed by atoms with Gasteiger partial charge in [-0.1, -0.05) is 23.7 Å². The molecule has 0 aliphatic heterocycles.